The van der Waals surface area contributed by atoms with Crippen molar-refractivity contribution in [2.24, 2.45) is 0 Å². The lowest BCUT2D eigenvalue weighted by molar-refractivity contribution is -0.146. The van der Waals surface area contributed by atoms with Crippen LogP contribution in [0.25, 0.3) is 0 Å². The van der Waals surface area contributed by atoms with E-state index in [1.54, 1.807) is 0 Å². The summed E-state index contributed by atoms with van der Waals surface area (Å²) in [6, 6.07) is 2.84. The number of carboxylic acids is 2. The van der Waals surface area contributed by atoms with Crippen LogP contribution in [0.1, 0.15) is 28.7 Å². The molecule has 104 valence electrons. The molecule has 0 aliphatic carbocycles. The molecule has 0 bridgehead atoms. The van der Waals surface area contributed by atoms with Crippen LogP contribution in [-0.4, -0.2) is 28.2 Å². The minimum atomic E-state index is -1.15. The lowest BCUT2D eigenvalue weighted by Gasteiger charge is -2.15. The predicted molar refractivity (Wildman–Crippen MR) is 71.2 cm³/mol. The van der Waals surface area contributed by atoms with Crippen molar-refractivity contribution in [1.82, 2.24) is 5.32 Å². The second-order valence-corrected chi connectivity index (χ2v) is 4.66. The summed E-state index contributed by atoms with van der Waals surface area (Å²) in [5.41, 5.74) is 4.44. The topological polar surface area (TPSA) is 86.6 Å². The molecule has 0 heterocycles. The van der Waals surface area contributed by atoms with E-state index in [9.17, 15) is 9.59 Å². The molecule has 0 fully saturated rings. The predicted octanol–water partition coefficient (Wildman–Crippen LogP) is 1.63. The second kappa shape index (κ2) is 6.33. The zero-order valence-electron chi connectivity index (χ0n) is 11.4. The van der Waals surface area contributed by atoms with E-state index >= 15 is 0 Å². The Morgan fingerprint density at radius 1 is 1.16 bits per heavy atom. The Bertz CT molecular complexity index is 496. The van der Waals surface area contributed by atoms with E-state index in [0.29, 0.717) is 6.54 Å². The molecule has 1 atom stereocenters. The number of benzene rings is 1. The quantitative estimate of drug-likeness (QED) is 0.727. The Kier molecular flexibility index (Phi) is 5.06. The van der Waals surface area contributed by atoms with Gasteiger partial charge in [-0.1, -0.05) is 12.1 Å². The molecule has 0 spiro atoms. The monoisotopic (exact) mass is 265 g/mol. The van der Waals surface area contributed by atoms with E-state index in [2.05, 4.69) is 5.32 Å². The molecule has 0 aromatic heterocycles. The smallest absolute Gasteiger partial charge is 0.321 e. The molecule has 19 heavy (non-hydrogen) atoms. The molecule has 1 rings (SSSR count). The molecule has 5 nitrogen and oxygen atoms in total. The number of aliphatic carboxylic acids is 2. The molecular formula is C14H19NO4. The van der Waals surface area contributed by atoms with Gasteiger partial charge in [0.1, 0.15) is 6.04 Å². The molecule has 0 saturated heterocycles. The number of rotatable bonds is 6. The van der Waals surface area contributed by atoms with Crippen LogP contribution in [0.15, 0.2) is 12.1 Å². The van der Waals surface area contributed by atoms with Gasteiger partial charge in [0.25, 0.3) is 0 Å². The van der Waals surface area contributed by atoms with Crippen LogP contribution in [0.3, 0.4) is 0 Å². The number of aryl methyl sites for hydroxylation is 1. The first-order chi connectivity index (χ1) is 8.82. The van der Waals surface area contributed by atoms with Crippen LogP contribution in [0.4, 0.5) is 0 Å². The number of carboxylic acid groups (broad SMARTS) is 2. The zero-order chi connectivity index (χ0) is 14.6. The highest BCUT2D eigenvalue weighted by Gasteiger charge is 2.20. The van der Waals surface area contributed by atoms with E-state index in [4.69, 9.17) is 10.2 Å². The second-order valence-electron chi connectivity index (χ2n) is 4.66. The van der Waals surface area contributed by atoms with Crippen molar-refractivity contribution in [3.8, 4) is 0 Å². The molecular weight excluding hydrogens is 246 g/mol. The summed E-state index contributed by atoms with van der Waals surface area (Å²) in [7, 11) is 0. The van der Waals surface area contributed by atoms with Gasteiger partial charge >= 0.3 is 11.9 Å². The third-order valence-electron chi connectivity index (χ3n) is 3.39. The minimum absolute atomic E-state index is 0.344. The lowest BCUT2D eigenvalue weighted by Crippen LogP contribution is -2.38. The molecule has 0 aliphatic rings. The van der Waals surface area contributed by atoms with Crippen molar-refractivity contribution in [3.05, 3.63) is 34.4 Å². The third-order valence-corrected chi connectivity index (χ3v) is 3.39. The van der Waals surface area contributed by atoms with Crippen molar-refractivity contribution < 1.29 is 19.8 Å². The van der Waals surface area contributed by atoms with E-state index in [-0.39, 0.29) is 0 Å². The van der Waals surface area contributed by atoms with Crippen LogP contribution in [0, 0.1) is 20.8 Å². The Balaban J connectivity index is 2.77. The maximum atomic E-state index is 10.9. The Morgan fingerprint density at radius 3 is 2.32 bits per heavy atom. The largest absolute Gasteiger partial charge is 0.481 e. The number of hydrogen-bond acceptors (Lipinski definition) is 3. The van der Waals surface area contributed by atoms with Gasteiger partial charge in [0, 0.05) is 6.54 Å². The lowest BCUT2D eigenvalue weighted by atomic mass is 9.98. The first-order valence-electron chi connectivity index (χ1n) is 6.06. The normalized spacial score (nSPS) is 12.2. The van der Waals surface area contributed by atoms with Crippen molar-refractivity contribution in [2.45, 2.75) is 39.8 Å². The van der Waals surface area contributed by atoms with Crippen LogP contribution < -0.4 is 5.32 Å². The van der Waals surface area contributed by atoms with Gasteiger partial charge in [0.2, 0.25) is 0 Å². The van der Waals surface area contributed by atoms with Crippen LogP contribution in [-0.2, 0) is 16.1 Å². The average molecular weight is 265 g/mol. The summed E-state index contributed by atoms with van der Waals surface area (Å²) in [5.74, 6) is -2.28. The van der Waals surface area contributed by atoms with Crippen LogP contribution in [0.5, 0.6) is 0 Å². The van der Waals surface area contributed by atoms with Crippen molar-refractivity contribution in [3.63, 3.8) is 0 Å². The molecule has 5 heteroatoms. The Hall–Kier alpha value is -1.88. The van der Waals surface area contributed by atoms with Gasteiger partial charge in [-0.05, 0) is 43.0 Å². The van der Waals surface area contributed by atoms with E-state index in [1.807, 2.05) is 32.9 Å². The highest BCUT2D eigenvalue weighted by atomic mass is 16.4. The van der Waals surface area contributed by atoms with Gasteiger partial charge in [0.05, 0.1) is 6.42 Å². The highest BCUT2D eigenvalue weighted by Crippen LogP contribution is 2.17. The van der Waals surface area contributed by atoms with Crippen molar-refractivity contribution in [2.75, 3.05) is 0 Å². The Labute approximate surface area is 112 Å². The molecule has 0 saturated carbocycles. The molecule has 1 unspecified atom stereocenters. The van der Waals surface area contributed by atoms with Crippen LogP contribution in [0.2, 0.25) is 0 Å². The summed E-state index contributed by atoms with van der Waals surface area (Å²) in [6.07, 6.45) is -0.431. The SMILES string of the molecule is Cc1ccc(CNC(CC(=O)O)C(=O)O)c(C)c1C. The summed E-state index contributed by atoms with van der Waals surface area (Å²) in [4.78, 5) is 21.5. The molecule has 1 aromatic rings. The average Bonchev–Trinajstić information content (AvgIpc) is 2.33. The van der Waals surface area contributed by atoms with Gasteiger partial charge in [-0.25, -0.2) is 0 Å². The number of hydrogen-bond donors (Lipinski definition) is 3. The van der Waals surface area contributed by atoms with E-state index in [1.165, 1.54) is 11.1 Å². The van der Waals surface area contributed by atoms with Gasteiger partial charge in [-0.2, -0.15) is 0 Å². The summed E-state index contributed by atoms with van der Waals surface area (Å²) >= 11 is 0. The zero-order valence-corrected chi connectivity index (χ0v) is 11.4. The molecule has 0 aliphatic heterocycles. The molecule has 1 aromatic carbocycles. The van der Waals surface area contributed by atoms with Gasteiger partial charge in [-0.15, -0.1) is 0 Å². The molecule has 0 radical (unpaired) electrons. The number of nitrogens with one attached hydrogen (secondary N) is 1. The molecule has 3 N–H and O–H groups in total. The van der Waals surface area contributed by atoms with Gasteiger partial charge in [-0.3, -0.25) is 14.9 Å². The highest BCUT2D eigenvalue weighted by molar-refractivity contribution is 5.80. The maximum absolute atomic E-state index is 10.9. The first-order valence-corrected chi connectivity index (χ1v) is 6.06. The fourth-order valence-electron chi connectivity index (χ4n) is 1.86. The first kappa shape index (κ1) is 15.2. The summed E-state index contributed by atoms with van der Waals surface area (Å²) < 4.78 is 0. The van der Waals surface area contributed by atoms with Crippen molar-refractivity contribution >= 4 is 11.9 Å². The van der Waals surface area contributed by atoms with Gasteiger partial charge in [0.15, 0.2) is 0 Å². The van der Waals surface area contributed by atoms with Gasteiger partial charge < -0.3 is 10.2 Å². The standard InChI is InChI=1S/C14H19NO4/c1-8-4-5-11(10(3)9(8)2)7-15-12(14(18)19)6-13(16)17/h4-5,12,15H,6-7H2,1-3H3,(H,16,17)(H,18,19). The summed E-state index contributed by atoms with van der Waals surface area (Å²) in [6.45, 7) is 6.35. The fourth-order valence-corrected chi connectivity index (χ4v) is 1.86. The van der Waals surface area contributed by atoms with E-state index < -0.39 is 24.4 Å². The number of carbonyl (C=O) groups is 2. The molecule has 0 amide bonds. The Morgan fingerprint density at radius 2 is 1.79 bits per heavy atom. The maximum Gasteiger partial charge on any atom is 0.321 e. The van der Waals surface area contributed by atoms with E-state index in [0.717, 1.165) is 11.1 Å². The minimum Gasteiger partial charge on any atom is -0.481 e. The van der Waals surface area contributed by atoms with Crippen LogP contribution >= 0.6 is 0 Å². The fraction of sp³-hybridized carbons (Fsp3) is 0.429. The van der Waals surface area contributed by atoms with Crippen molar-refractivity contribution in [1.29, 1.82) is 0 Å². The third kappa shape index (κ3) is 4.06. The summed E-state index contributed by atoms with van der Waals surface area (Å²) in [5, 5.41) is 20.4.